The van der Waals surface area contributed by atoms with Crippen LogP contribution in [0, 0.1) is 0 Å². The first kappa shape index (κ1) is 13.8. The average molecular weight is 303 g/mol. The first-order chi connectivity index (χ1) is 11.2. The molecule has 0 atom stereocenters. The van der Waals surface area contributed by atoms with Crippen LogP contribution in [0.5, 0.6) is 0 Å². The zero-order valence-electron chi connectivity index (χ0n) is 12.9. The summed E-state index contributed by atoms with van der Waals surface area (Å²) in [6, 6.07) is 16.3. The molecule has 4 nitrogen and oxygen atoms in total. The molecule has 23 heavy (non-hydrogen) atoms. The van der Waals surface area contributed by atoms with Crippen LogP contribution in [0.15, 0.2) is 54.7 Å². The Hall–Kier alpha value is -2.88. The number of hydrogen-bond donors (Lipinski definition) is 1. The monoisotopic (exact) mass is 303 g/mol. The van der Waals surface area contributed by atoms with Gasteiger partial charge in [-0.2, -0.15) is 5.10 Å². The molecule has 0 fully saturated rings. The van der Waals surface area contributed by atoms with Crippen LogP contribution in [0.25, 0.3) is 11.1 Å². The number of aryl methyl sites for hydroxylation is 1. The second-order valence-electron chi connectivity index (χ2n) is 5.83. The zero-order valence-corrected chi connectivity index (χ0v) is 12.9. The van der Waals surface area contributed by atoms with E-state index in [0.717, 1.165) is 12.1 Å². The van der Waals surface area contributed by atoms with E-state index in [1.54, 1.807) is 10.9 Å². The molecule has 2 aromatic carbocycles. The molecule has 0 spiro atoms. The summed E-state index contributed by atoms with van der Waals surface area (Å²) in [7, 11) is 1.87. The molecule has 1 aromatic heterocycles. The van der Waals surface area contributed by atoms with E-state index in [2.05, 4.69) is 40.7 Å². The van der Waals surface area contributed by atoms with Crippen molar-refractivity contribution in [2.75, 3.05) is 0 Å². The maximum Gasteiger partial charge on any atom is 0.251 e. The Morgan fingerprint density at radius 2 is 1.96 bits per heavy atom. The van der Waals surface area contributed by atoms with E-state index in [9.17, 15) is 4.79 Å². The minimum absolute atomic E-state index is 0.0510. The molecule has 0 radical (unpaired) electrons. The van der Waals surface area contributed by atoms with Crippen molar-refractivity contribution in [1.29, 1.82) is 0 Å². The molecule has 1 N–H and O–H groups in total. The molecule has 0 aliphatic heterocycles. The summed E-state index contributed by atoms with van der Waals surface area (Å²) >= 11 is 0. The molecule has 3 aromatic rings. The van der Waals surface area contributed by atoms with Crippen LogP contribution in [0.3, 0.4) is 0 Å². The molecule has 0 saturated heterocycles. The first-order valence-electron chi connectivity index (χ1n) is 7.68. The largest absolute Gasteiger partial charge is 0.346 e. The number of nitrogens with zero attached hydrogens (tertiary/aromatic N) is 2. The second-order valence-corrected chi connectivity index (χ2v) is 5.83. The third-order valence-electron chi connectivity index (χ3n) is 4.41. The Morgan fingerprint density at radius 1 is 1.13 bits per heavy atom. The van der Waals surface area contributed by atoms with Crippen LogP contribution in [-0.4, -0.2) is 15.7 Å². The molecule has 1 aliphatic rings. The number of hydrogen-bond acceptors (Lipinski definition) is 2. The second kappa shape index (κ2) is 5.39. The molecular weight excluding hydrogens is 286 g/mol. The first-order valence-corrected chi connectivity index (χ1v) is 7.68. The summed E-state index contributed by atoms with van der Waals surface area (Å²) in [4.78, 5) is 12.4. The molecular formula is C19H17N3O. The van der Waals surface area contributed by atoms with Crippen LogP contribution < -0.4 is 5.32 Å². The molecule has 0 saturated carbocycles. The lowest BCUT2D eigenvalue weighted by atomic mass is 10.0. The molecule has 1 heterocycles. The third-order valence-corrected chi connectivity index (χ3v) is 4.41. The van der Waals surface area contributed by atoms with Gasteiger partial charge < -0.3 is 5.32 Å². The van der Waals surface area contributed by atoms with Crippen molar-refractivity contribution in [3.63, 3.8) is 0 Å². The summed E-state index contributed by atoms with van der Waals surface area (Å²) in [6.07, 6.45) is 2.63. The standard InChI is InChI=1S/C19H17N3O/c1-22-16(8-9-21-22)12-20-19(23)14-6-7-18-15(11-14)10-13-4-2-3-5-17(13)18/h2-9,11H,10,12H2,1H3,(H,20,23). The number of benzene rings is 2. The summed E-state index contributed by atoms with van der Waals surface area (Å²) in [5.74, 6) is -0.0510. The van der Waals surface area contributed by atoms with Gasteiger partial charge in [0.1, 0.15) is 0 Å². The van der Waals surface area contributed by atoms with E-state index in [-0.39, 0.29) is 5.91 Å². The van der Waals surface area contributed by atoms with Gasteiger partial charge in [-0.25, -0.2) is 0 Å². The molecule has 1 amide bonds. The highest BCUT2D eigenvalue weighted by molar-refractivity contribution is 5.95. The molecule has 1 aliphatic carbocycles. The van der Waals surface area contributed by atoms with E-state index in [0.29, 0.717) is 12.1 Å². The number of rotatable bonds is 3. The maximum atomic E-state index is 12.4. The third kappa shape index (κ3) is 2.42. The highest BCUT2D eigenvalue weighted by Crippen LogP contribution is 2.36. The predicted octanol–water partition coefficient (Wildman–Crippen LogP) is 2.92. The van der Waals surface area contributed by atoms with Gasteiger partial charge in [0.25, 0.3) is 5.91 Å². The summed E-state index contributed by atoms with van der Waals surface area (Å²) < 4.78 is 1.76. The lowest BCUT2D eigenvalue weighted by Gasteiger charge is -2.07. The van der Waals surface area contributed by atoms with Gasteiger partial charge in [0, 0.05) is 18.8 Å². The van der Waals surface area contributed by atoms with E-state index >= 15 is 0 Å². The van der Waals surface area contributed by atoms with Crippen LogP contribution in [0.2, 0.25) is 0 Å². The maximum absolute atomic E-state index is 12.4. The van der Waals surface area contributed by atoms with Crippen LogP contribution in [-0.2, 0) is 20.0 Å². The fraction of sp³-hybridized carbons (Fsp3) is 0.158. The van der Waals surface area contributed by atoms with E-state index in [1.807, 2.05) is 25.2 Å². The number of carbonyl (C=O) groups is 1. The van der Waals surface area contributed by atoms with Crippen molar-refractivity contribution in [2.45, 2.75) is 13.0 Å². The van der Waals surface area contributed by atoms with Gasteiger partial charge in [-0.1, -0.05) is 30.3 Å². The normalized spacial score (nSPS) is 11.9. The van der Waals surface area contributed by atoms with Crippen molar-refractivity contribution in [1.82, 2.24) is 15.1 Å². The van der Waals surface area contributed by atoms with Crippen molar-refractivity contribution in [3.8, 4) is 11.1 Å². The summed E-state index contributed by atoms with van der Waals surface area (Å²) in [5, 5.41) is 7.06. The highest BCUT2D eigenvalue weighted by atomic mass is 16.1. The zero-order chi connectivity index (χ0) is 15.8. The number of nitrogens with one attached hydrogen (secondary N) is 1. The lowest BCUT2D eigenvalue weighted by Crippen LogP contribution is -2.24. The molecule has 114 valence electrons. The number of fused-ring (bicyclic) bond motifs is 3. The fourth-order valence-corrected chi connectivity index (χ4v) is 3.13. The number of amides is 1. The van der Waals surface area contributed by atoms with Gasteiger partial charge in [-0.3, -0.25) is 9.48 Å². The molecule has 0 unspecified atom stereocenters. The minimum atomic E-state index is -0.0510. The van der Waals surface area contributed by atoms with Gasteiger partial charge in [-0.15, -0.1) is 0 Å². The Bertz CT molecular complexity index is 895. The van der Waals surface area contributed by atoms with E-state index in [1.165, 1.54) is 22.3 Å². The van der Waals surface area contributed by atoms with Gasteiger partial charge >= 0.3 is 0 Å². The van der Waals surface area contributed by atoms with Crippen LogP contribution >= 0.6 is 0 Å². The average Bonchev–Trinajstić information content (AvgIpc) is 3.15. The van der Waals surface area contributed by atoms with Gasteiger partial charge in [0.15, 0.2) is 0 Å². The Balaban J connectivity index is 1.54. The SMILES string of the molecule is Cn1nccc1CNC(=O)c1ccc2c(c1)Cc1ccccc1-2. The van der Waals surface area contributed by atoms with Gasteiger partial charge in [-0.05, 0) is 46.9 Å². The topological polar surface area (TPSA) is 46.9 Å². The van der Waals surface area contributed by atoms with Crippen LogP contribution in [0.4, 0.5) is 0 Å². The predicted molar refractivity (Wildman–Crippen MR) is 89.1 cm³/mol. The van der Waals surface area contributed by atoms with Gasteiger partial charge in [0.2, 0.25) is 0 Å². The van der Waals surface area contributed by atoms with Crippen molar-refractivity contribution >= 4 is 5.91 Å². The van der Waals surface area contributed by atoms with E-state index < -0.39 is 0 Å². The quantitative estimate of drug-likeness (QED) is 0.632. The fourth-order valence-electron chi connectivity index (χ4n) is 3.13. The number of carbonyl (C=O) groups excluding carboxylic acids is 1. The Labute approximate surface area is 134 Å². The molecule has 4 rings (SSSR count). The van der Waals surface area contributed by atoms with E-state index in [4.69, 9.17) is 0 Å². The Morgan fingerprint density at radius 3 is 2.78 bits per heavy atom. The van der Waals surface area contributed by atoms with Crippen LogP contribution in [0.1, 0.15) is 27.2 Å². The smallest absolute Gasteiger partial charge is 0.251 e. The Kier molecular flexibility index (Phi) is 3.23. The molecule has 4 heteroatoms. The van der Waals surface area contributed by atoms with Crippen molar-refractivity contribution in [3.05, 3.63) is 77.1 Å². The number of aromatic nitrogens is 2. The highest BCUT2D eigenvalue weighted by Gasteiger charge is 2.19. The summed E-state index contributed by atoms with van der Waals surface area (Å²) in [6.45, 7) is 0.479. The van der Waals surface area contributed by atoms with Gasteiger partial charge in [0.05, 0.1) is 12.2 Å². The molecule has 0 bridgehead atoms. The lowest BCUT2D eigenvalue weighted by molar-refractivity contribution is 0.0950. The van der Waals surface area contributed by atoms with Crippen molar-refractivity contribution in [2.24, 2.45) is 7.05 Å². The van der Waals surface area contributed by atoms with Crippen molar-refractivity contribution < 1.29 is 4.79 Å². The minimum Gasteiger partial charge on any atom is -0.346 e. The summed E-state index contributed by atoms with van der Waals surface area (Å²) in [5.41, 5.74) is 6.76.